The third-order valence-corrected chi connectivity index (χ3v) is 4.15. The van der Waals surface area contributed by atoms with Crippen molar-refractivity contribution in [1.29, 1.82) is 0 Å². The van der Waals surface area contributed by atoms with Crippen molar-refractivity contribution < 1.29 is 21.4 Å². The quantitative estimate of drug-likeness (QED) is 0.663. The lowest BCUT2D eigenvalue weighted by Gasteiger charge is -2.03. The van der Waals surface area contributed by atoms with Crippen molar-refractivity contribution in [1.82, 2.24) is 0 Å². The van der Waals surface area contributed by atoms with Gasteiger partial charge in [-0.15, -0.1) is 0 Å². The number of rotatable bonds is 3. The van der Waals surface area contributed by atoms with Gasteiger partial charge >= 0.3 is 0 Å². The summed E-state index contributed by atoms with van der Waals surface area (Å²) in [6.45, 7) is 0. The van der Waals surface area contributed by atoms with Crippen LogP contribution in [0.5, 0.6) is 0 Å². The fourth-order valence-corrected chi connectivity index (χ4v) is 2.47. The van der Waals surface area contributed by atoms with Crippen LogP contribution in [0.1, 0.15) is 0 Å². The van der Waals surface area contributed by atoms with Gasteiger partial charge in [0.2, 0.25) is 0 Å². The Morgan fingerprint density at radius 3 is 1.58 bits per heavy atom. The Bertz CT molecular complexity index is 749. The van der Waals surface area contributed by atoms with Crippen molar-refractivity contribution in [2.75, 3.05) is 0 Å². The molecule has 0 aliphatic heterocycles. The Morgan fingerprint density at radius 2 is 1.21 bits per heavy atom. The molecular weight excluding hydrogens is 288 g/mol. The monoisotopic (exact) mass is 298 g/mol. The van der Waals surface area contributed by atoms with Crippen LogP contribution < -0.4 is 0 Å². The fraction of sp³-hybridized carbons (Fsp3) is 0. The number of hydrogen-bond donors (Lipinski definition) is 2. The molecule has 0 bridgehead atoms. The first-order chi connectivity index (χ1) is 8.88. The van der Waals surface area contributed by atoms with Crippen molar-refractivity contribution in [2.45, 2.75) is 9.79 Å². The molecule has 0 aliphatic carbocycles. The second-order valence-electron chi connectivity index (χ2n) is 3.80. The number of hydrogen-bond acceptors (Lipinski definition) is 4. The lowest BCUT2D eigenvalue weighted by molar-refractivity contribution is 0.483. The third kappa shape index (κ3) is 3.19. The number of thiol groups is 1. The molecule has 0 heterocycles. The van der Waals surface area contributed by atoms with Crippen molar-refractivity contribution in [3.8, 4) is 11.1 Å². The Hall–Kier alpha value is -1.70. The average molecular weight is 298 g/mol. The highest BCUT2D eigenvalue weighted by molar-refractivity contribution is 7.85. The van der Waals surface area contributed by atoms with E-state index in [2.05, 4.69) is 0 Å². The van der Waals surface area contributed by atoms with E-state index < -0.39 is 20.8 Å². The normalized spacial score (nSPS) is 11.7. The lowest BCUT2D eigenvalue weighted by atomic mass is 10.1. The molecule has 2 aromatic rings. The van der Waals surface area contributed by atoms with E-state index in [1.165, 1.54) is 36.4 Å². The summed E-state index contributed by atoms with van der Waals surface area (Å²) in [6.07, 6.45) is 0. The minimum absolute atomic E-state index is 0.185. The van der Waals surface area contributed by atoms with E-state index in [1.807, 2.05) is 0 Å². The highest BCUT2D eigenvalue weighted by atomic mass is 32.2. The van der Waals surface area contributed by atoms with Crippen LogP contribution in [0.3, 0.4) is 0 Å². The minimum atomic E-state index is -4.20. The van der Waals surface area contributed by atoms with Crippen molar-refractivity contribution in [3.63, 3.8) is 0 Å². The Balaban J connectivity index is 2.37. The van der Waals surface area contributed by atoms with Gasteiger partial charge in [-0.25, -0.2) is 8.42 Å². The van der Waals surface area contributed by atoms with Gasteiger partial charge in [-0.05, 0) is 35.4 Å². The summed E-state index contributed by atoms with van der Waals surface area (Å²) in [6, 6.07) is 11.8. The van der Waals surface area contributed by atoms with Crippen LogP contribution in [0.2, 0.25) is 0 Å². The topological polar surface area (TPSA) is 88.5 Å². The molecule has 7 heteroatoms. The first-order valence-corrected chi connectivity index (χ1v) is 7.82. The molecule has 0 radical (unpaired) electrons. The summed E-state index contributed by atoms with van der Waals surface area (Å²) in [7, 11) is -6.81. The summed E-state index contributed by atoms with van der Waals surface area (Å²) >= 11 is 0. The molecule has 100 valence electrons. The van der Waals surface area contributed by atoms with Crippen molar-refractivity contribution in [2.24, 2.45) is 0 Å². The molecular formula is C12H10O5S2. The summed E-state index contributed by atoms with van der Waals surface area (Å²) in [4.78, 5) is 0.0313. The maximum Gasteiger partial charge on any atom is 0.294 e. The zero-order valence-electron chi connectivity index (χ0n) is 9.55. The molecule has 1 N–H and O–H groups in total. The predicted molar refractivity (Wildman–Crippen MR) is 70.3 cm³/mol. The molecule has 0 aromatic heterocycles. The van der Waals surface area contributed by atoms with Gasteiger partial charge in [0.25, 0.3) is 10.1 Å². The van der Waals surface area contributed by atoms with E-state index in [9.17, 15) is 16.8 Å². The second kappa shape index (κ2) is 5.12. The summed E-state index contributed by atoms with van der Waals surface area (Å²) in [5.74, 6) is 0. The molecule has 0 atom stereocenters. The van der Waals surface area contributed by atoms with Gasteiger partial charge in [0.15, 0.2) is 10.7 Å². The molecule has 0 saturated carbocycles. The van der Waals surface area contributed by atoms with Crippen molar-refractivity contribution in [3.05, 3.63) is 48.5 Å². The maximum atomic E-state index is 10.9. The molecule has 2 rings (SSSR count). The van der Waals surface area contributed by atoms with Crippen LogP contribution in [0, 0.1) is 0 Å². The van der Waals surface area contributed by atoms with Crippen LogP contribution in [0.25, 0.3) is 11.1 Å². The Labute approximate surface area is 112 Å². The molecule has 2 aromatic carbocycles. The largest absolute Gasteiger partial charge is 0.294 e. The summed E-state index contributed by atoms with van der Waals surface area (Å²) < 4.78 is 52.1. The lowest BCUT2D eigenvalue weighted by Crippen LogP contribution is -1.97. The van der Waals surface area contributed by atoms with Crippen LogP contribution >= 0.6 is 0 Å². The van der Waals surface area contributed by atoms with Gasteiger partial charge in [0.05, 0.1) is 9.79 Å². The molecule has 19 heavy (non-hydrogen) atoms. The average Bonchev–Trinajstić information content (AvgIpc) is 2.38. The Morgan fingerprint density at radius 1 is 0.789 bits per heavy atom. The highest BCUT2D eigenvalue weighted by Gasteiger charge is 2.08. The molecule has 5 nitrogen and oxygen atoms in total. The molecule has 0 spiro atoms. The molecule has 0 unspecified atom stereocenters. The van der Waals surface area contributed by atoms with E-state index in [4.69, 9.17) is 4.55 Å². The molecule has 0 fully saturated rings. The second-order valence-corrected chi connectivity index (χ2v) is 6.26. The van der Waals surface area contributed by atoms with Crippen LogP contribution in [0.4, 0.5) is 0 Å². The molecule has 0 amide bonds. The van der Waals surface area contributed by atoms with Gasteiger partial charge in [-0.2, -0.15) is 8.42 Å². The van der Waals surface area contributed by atoms with E-state index in [0.29, 0.717) is 0 Å². The highest BCUT2D eigenvalue weighted by Crippen LogP contribution is 2.22. The summed E-state index contributed by atoms with van der Waals surface area (Å²) in [5.41, 5.74) is 1.47. The predicted octanol–water partition coefficient (Wildman–Crippen LogP) is 1.57. The Kier molecular flexibility index (Phi) is 3.70. The minimum Gasteiger partial charge on any atom is -0.282 e. The fourth-order valence-electron chi connectivity index (χ4n) is 1.59. The molecule has 0 aliphatic rings. The summed E-state index contributed by atoms with van der Waals surface area (Å²) in [5, 5.41) is 0. The maximum absolute atomic E-state index is 10.9. The van der Waals surface area contributed by atoms with E-state index >= 15 is 0 Å². The first kappa shape index (κ1) is 13.7. The number of benzene rings is 2. The van der Waals surface area contributed by atoms with Gasteiger partial charge in [0.1, 0.15) is 0 Å². The first-order valence-electron chi connectivity index (χ1n) is 5.20. The van der Waals surface area contributed by atoms with Crippen LogP contribution in [0.15, 0.2) is 58.3 Å². The van der Waals surface area contributed by atoms with E-state index in [1.54, 1.807) is 12.1 Å². The van der Waals surface area contributed by atoms with Crippen LogP contribution in [-0.4, -0.2) is 21.4 Å². The standard InChI is InChI=1S/C12H10O5S2/c13-18(14)11-5-1-9(2-6-11)10-3-7-12(8-4-10)19(15,16)17/h1-8,18H,(H,15,16,17). The van der Waals surface area contributed by atoms with E-state index in [-0.39, 0.29) is 9.79 Å². The SMILES string of the molecule is O=[SH](=O)c1ccc(-c2ccc(S(=O)(=O)O)cc2)cc1. The smallest absolute Gasteiger partial charge is 0.282 e. The van der Waals surface area contributed by atoms with Crippen molar-refractivity contribution >= 4 is 20.8 Å². The zero-order valence-corrected chi connectivity index (χ0v) is 11.3. The zero-order chi connectivity index (χ0) is 14.0. The van der Waals surface area contributed by atoms with Gasteiger partial charge in [-0.1, -0.05) is 24.3 Å². The van der Waals surface area contributed by atoms with E-state index in [0.717, 1.165) is 11.1 Å². The van der Waals surface area contributed by atoms with Gasteiger partial charge < -0.3 is 0 Å². The third-order valence-electron chi connectivity index (χ3n) is 2.56. The van der Waals surface area contributed by atoms with Gasteiger partial charge in [0, 0.05) is 0 Å². The van der Waals surface area contributed by atoms with Gasteiger partial charge in [-0.3, -0.25) is 4.55 Å². The van der Waals surface area contributed by atoms with Crippen LogP contribution in [-0.2, 0) is 20.8 Å². The molecule has 0 saturated heterocycles.